The Morgan fingerprint density at radius 2 is 2.11 bits per heavy atom. The normalized spacial score (nSPS) is 10.7. The molecule has 0 aliphatic carbocycles. The third-order valence-corrected chi connectivity index (χ3v) is 4.00. The van der Waals surface area contributed by atoms with Crippen molar-refractivity contribution in [2.24, 2.45) is 0 Å². The molecule has 27 heavy (non-hydrogen) atoms. The summed E-state index contributed by atoms with van der Waals surface area (Å²) in [4.78, 5) is 20.8. The van der Waals surface area contributed by atoms with E-state index in [9.17, 15) is 4.79 Å². The molecule has 0 aliphatic heterocycles. The van der Waals surface area contributed by atoms with E-state index >= 15 is 0 Å². The van der Waals surface area contributed by atoms with Gasteiger partial charge in [0.1, 0.15) is 19.0 Å². The number of hydrogen-bond donors (Lipinski definition) is 1. The highest BCUT2D eigenvalue weighted by Gasteiger charge is 2.11. The minimum Gasteiger partial charge on any atom is -0.348 e. The van der Waals surface area contributed by atoms with E-state index in [2.05, 4.69) is 35.9 Å². The van der Waals surface area contributed by atoms with Gasteiger partial charge in [-0.1, -0.05) is 6.07 Å². The molecule has 4 rings (SSSR count). The Labute approximate surface area is 153 Å². The van der Waals surface area contributed by atoms with Crippen molar-refractivity contribution in [1.29, 1.82) is 0 Å². The van der Waals surface area contributed by atoms with Crippen LogP contribution in [0.1, 0.15) is 21.5 Å². The van der Waals surface area contributed by atoms with Gasteiger partial charge in [-0.05, 0) is 47.2 Å². The number of nitrogens with one attached hydrogen (secondary N) is 1. The maximum atomic E-state index is 12.6. The van der Waals surface area contributed by atoms with Crippen molar-refractivity contribution in [1.82, 2.24) is 45.3 Å². The van der Waals surface area contributed by atoms with Crippen LogP contribution in [0.15, 0.2) is 55.5 Å². The maximum absolute atomic E-state index is 12.6. The molecule has 0 radical (unpaired) electrons. The molecule has 10 nitrogen and oxygen atoms in total. The number of aromatic nitrogens is 8. The molecule has 0 atom stereocenters. The first kappa shape index (κ1) is 16.5. The Kier molecular flexibility index (Phi) is 4.35. The van der Waals surface area contributed by atoms with Crippen molar-refractivity contribution in [3.8, 4) is 11.5 Å². The SMILES string of the molecule is Cc1cc(C(=O)NCc2cccnc2-n2cncn2)ccc1-n1cnnn1. The van der Waals surface area contributed by atoms with E-state index in [-0.39, 0.29) is 5.91 Å². The number of hydrogen-bond acceptors (Lipinski definition) is 7. The van der Waals surface area contributed by atoms with Crippen LogP contribution < -0.4 is 5.32 Å². The van der Waals surface area contributed by atoms with Crippen molar-refractivity contribution in [3.05, 3.63) is 72.2 Å². The smallest absolute Gasteiger partial charge is 0.251 e. The van der Waals surface area contributed by atoms with Crippen molar-refractivity contribution in [3.63, 3.8) is 0 Å². The average Bonchev–Trinajstić information content (AvgIpc) is 3.40. The Balaban J connectivity index is 1.50. The molecule has 3 heterocycles. The highest BCUT2D eigenvalue weighted by Crippen LogP contribution is 2.15. The summed E-state index contributed by atoms with van der Waals surface area (Å²) in [6, 6.07) is 9.05. The minimum absolute atomic E-state index is 0.185. The molecule has 0 bridgehead atoms. The summed E-state index contributed by atoms with van der Waals surface area (Å²) in [7, 11) is 0. The molecule has 134 valence electrons. The predicted molar refractivity (Wildman–Crippen MR) is 94.2 cm³/mol. The molecule has 0 spiro atoms. The highest BCUT2D eigenvalue weighted by atomic mass is 16.1. The van der Waals surface area contributed by atoms with Gasteiger partial charge in [0.05, 0.1) is 5.69 Å². The lowest BCUT2D eigenvalue weighted by atomic mass is 10.1. The van der Waals surface area contributed by atoms with Crippen molar-refractivity contribution in [2.45, 2.75) is 13.5 Å². The minimum atomic E-state index is -0.185. The first-order valence-corrected chi connectivity index (χ1v) is 8.13. The molecular formula is C17H15N9O. The lowest BCUT2D eigenvalue weighted by Crippen LogP contribution is -2.24. The van der Waals surface area contributed by atoms with Gasteiger partial charge in [-0.2, -0.15) is 5.10 Å². The second-order valence-electron chi connectivity index (χ2n) is 5.76. The van der Waals surface area contributed by atoms with E-state index in [1.165, 1.54) is 12.7 Å². The van der Waals surface area contributed by atoms with Gasteiger partial charge in [-0.3, -0.25) is 4.79 Å². The average molecular weight is 361 g/mol. The van der Waals surface area contributed by atoms with E-state index in [1.807, 2.05) is 25.1 Å². The number of carbonyl (C=O) groups excluding carboxylic acids is 1. The van der Waals surface area contributed by atoms with Gasteiger partial charge in [0.25, 0.3) is 5.91 Å². The quantitative estimate of drug-likeness (QED) is 0.561. The van der Waals surface area contributed by atoms with Crippen molar-refractivity contribution < 1.29 is 4.79 Å². The number of amides is 1. The largest absolute Gasteiger partial charge is 0.348 e. The Hall–Kier alpha value is -3.95. The maximum Gasteiger partial charge on any atom is 0.251 e. The molecule has 0 saturated carbocycles. The molecule has 3 aromatic heterocycles. The number of benzene rings is 1. The summed E-state index contributed by atoms with van der Waals surface area (Å²) in [6.07, 6.45) is 6.18. The number of aryl methyl sites for hydroxylation is 1. The van der Waals surface area contributed by atoms with Gasteiger partial charge >= 0.3 is 0 Å². The third kappa shape index (κ3) is 3.40. The lowest BCUT2D eigenvalue weighted by molar-refractivity contribution is 0.0951. The highest BCUT2D eigenvalue weighted by molar-refractivity contribution is 5.94. The number of rotatable bonds is 5. The topological polar surface area (TPSA) is 116 Å². The van der Waals surface area contributed by atoms with Crippen LogP contribution in [0.2, 0.25) is 0 Å². The van der Waals surface area contributed by atoms with E-state index in [1.54, 1.807) is 34.0 Å². The van der Waals surface area contributed by atoms with E-state index in [0.29, 0.717) is 17.9 Å². The molecule has 4 aromatic rings. The summed E-state index contributed by atoms with van der Waals surface area (Å²) in [6.45, 7) is 2.22. The molecule has 0 aliphatic rings. The molecule has 10 heteroatoms. The van der Waals surface area contributed by atoms with Crippen LogP contribution in [0, 0.1) is 6.92 Å². The van der Waals surface area contributed by atoms with Crippen molar-refractivity contribution >= 4 is 5.91 Å². The molecule has 1 aromatic carbocycles. The zero-order chi connectivity index (χ0) is 18.6. The van der Waals surface area contributed by atoms with Crippen LogP contribution in [0.3, 0.4) is 0 Å². The Morgan fingerprint density at radius 3 is 2.85 bits per heavy atom. The van der Waals surface area contributed by atoms with Gasteiger partial charge in [0.2, 0.25) is 0 Å². The van der Waals surface area contributed by atoms with Gasteiger partial charge < -0.3 is 5.32 Å². The third-order valence-electron chi connectivity index (χ3n) is 4.00. The molecule has 1 N–H and O–H groups in total. The van der Waals surface area contributed by atoms with Crippen LogP contribution in [-0.4, -0.2) is 45.9 Å². The summed E-state index contributed by atoms with van der Waals surface area (Å²) in [5.41, 5.74) is 3.09. The van der Waals surface area contributed by atoms with E-state index < -0.39 is 0 Å². The van der Waals surface area contributed by atoms with Crippen LogP contribution in [0.5, 0.6) is 0 Å². The summed E-state index contributed by atoms with van der Waals surface area (Å²) >= 11 is 0. The van der Waals surface area contributed by atoms with E-state index in [4.69, 9.17) is 0 Å². The first-order valence-electron chi connectivity index (χ1n) is 8.13. The molecular weight excluding hydrogens is 346 g/mol. The Morgan fingerprint density at radius 1 is 1.19 bits per heavy atom. The standard InChI is InChI=1S/C17H15N9O/c1-12-7-13(4-5-15(12)25-11-21-23-24-25)17(27)20-8-14-3-2-6-19-16(14)26-10-18-9-22-26/h2-7,9-11H,8H2,1H3,(H,20,27). The summed E-state index contributed by atoms with van der Waals surface area (Å²) in [5.74, 6) is 0.440. The molecule has 0 saturated heterocycles. The molecule has 0 unspecified atom stereocenters. The van der Waals surface area contributed by atoms with Crippen LogP contribution in [0.25, 0.3) is 11.5 Å². The molecule has 0 fully saturated rings. The summed E-state index contributed by atoms with van der Waals surface area (Å²) < 4.78 is 3.11. The summed E-state index contributed by atoms with van der Waals surface area (Å²) in [5, 5.41) is 18.1. The second kappa shape index (κ2) is 7.12. The number of nitrogens with zero attached hydrogens (tertiary/aromatic N) is 8. The van der Waals surface area contributed by atoms with E-state index in [0.717, 1.165) is 16.8 Å². The zero-order valence-electron chi connectivity index (χ0n) is 14.4. The zero-order valence-corrected chi connectivity index (χ0v) is 14.4. The first-order chi connectivity index (χ1) is 13.2. The monoisotopic (exact) mass is 361 g/mol. The van der Waals surface area contributed by atoms with Gasteiger partial charge in [0.15, 0.2) is 5.82 Å². The number of carbonyl (C=O) groups is 1. The van der Waals surface area contributed by atoms with Gasteiger partial charge in [0, 0.05) is 23.9 Å². The lowest BCUT2D eigenvalue weighted by Gasteiger charge is -2.11. The fraction of sp³-hybridized carbons (Fsp3) is 0.118. The fourth-order valence-corrected chi connectivity index (χ4v) is 2.70. The Bertz CT molecular complexity index is 1060. The fourth-order valence-electron chi connectivity index (χ4n) is 2.70. The number of pyridine rings is 1. The number of tetrazole rings is 1. The molecule has 1 amide bonds. The predicted octanol–water partition coefficient (Wildman–Crippen LogP) is 0.876. The van der Waals surface area contributed by atoms with Crippen LogP contribution in [0.4, 0.5) is 0 Å². The second-order valence-corrected chi connectivity index (χ2v) is 5.76. The van der Waals surface area contributed by atoms with Crippen LogP contribution >= 0.6 is 0 Å². The van der Waals surface area contributed by atoms with Gasteiger partial charge in [-0.25, -0.2) is 19.3 Å². The van der Waals surface area contributed by atoms with Crippen LogP contribution in [-0.2, 0) is 6.54 Å². The van der Waals surface area contributed by atoms with Crippen molar-refractivity contribution in [2.75, 3.05) is 0 Å². The van der Waals surface area contributed by atoms with Gasteiger partial charge in [-0.15, -0.1) is 5.10 Å².